The van der Waals surface area contributed by atoms with Crippen LogP contribution in [0.3, 0.4) is 0 Å². The highest BCUT2D eigenvalue weighted by molar-refractivity contribution is 7.99. The van der Waals surface area contributed by atoms with Crippen molar-refractivity contribution in [2.24, 2.45) is 0 Å². The number of hydrogen-bond donors (Lipinski definition) is 1. The van der Waals surface area contributed by atoms with E-state index in [9.17, 15) is 4.79 Å². The Labute approximate surface area is 154 Å². The Bertz CT molecular complexity index is 836. The smallest absolute Gasteiger partial charge is 0.226 e. The molecule has 24 heavy (non-hydrogen) atoms. The second kappa shape index (κ2) is 7.55. The molecule has 3 rings (SSSR count). The lowest BCUT2D eigenvalue weighted by Gasteiger charge is -2.03. The monoisotopic (exact) mass is 376 g/mol. The minimum absolute atomic E-state index is 0.0255. The maximum atomic E-state index is 12.1. The van der Waals surface area contributed by atoms with Crippen molar-refractivity contribution in [2.75, 3.05) is 11.1 Å². The third-order valence-electron chi connectivity index (χ3n) is 3.56. The molecule has 0 saturated heterocycles. The lowest BCUT2D eigenvalue weighted by Crippen LogP contribution is -2.11. The van der Waals surface area contributed by atoms with Crippen molar-refractivity contribution in [1.82, 2.24) is 4.98 Å². The van der Waals surface area contributed by atoms with Gasteiger partial charge >= 0.3 is 0 Å². The third kappa shape index (κ3) is 4.09. The van der Waals surface area contributed by atoms with Gasteiger partial charge in [0, 0.05) is 17.1 Å². The number of nitrogens with zero attached hydrogens (tertiary/aromatic N) is 1. The van der Waals surface area contributed by atoms with Crippen LogP contribution in [0.4, 0.5) is 5.13 Å². The lowest BCUT2D eigenvalue weighted by atomic mass is 10.2. The third-order valence-corrected chi connectivity index (χ3v) is 6.01. The summed E-state index contributed by atoms with van der Waals surface area (Å²) in [6.07, 6.45) is 0.446. The van der Waals surface area contributed by atoms with Gasteiger partial charge < -0.3 is 5.32 Å². The largest absolute Gasteiger partial charge is 0.302 e. The van der Waals surface area contributed by atoms with Gasteiger partial charge in [-0.3, -0.25) is 4.79 Å². The number of fused-ring (bicyclic) bond motifs is 1. The van der Waals surface area contributed by atoms with Crippen molar-refractivity contribution in [2.45, 2.75) is 25.2 Å². The molecule has 1 N–H and O–H groups in total. The normalized spacial score (nSPS) is 11.0. The van der Waals surface area contributed by atoms with Crippen LogP contribution in [-0.4, -0.2) is 16.6 Å². The van der Waals surface area contributed by atoms with E-state index in [4.69, 9.17) is 11.6 Å². The Hall–Kier alpha value is -1.56. The minimum Gasteiger partial charge on any atom is -0.302 e. The molecule has 0 unspecified atom stereocenters. The molecule has 0 bridgehead atoms. The van der Waals surface area contributed by atoms with Gasteiger partial charge in [-0.05, 0) is 37.6 Å². The Morgan fingerprint density at radius 3 is 2.67 bits per heavy atom. The maximum Gasteiger partial charge on any atom is 0.226 e. The fourth-order valence-corrected chi connectivity index (χ4v) is 4.32. The van der Waals surface area contributed by atoms with Gasteiger partial charge in [-0.25, -0.2) is 4.98 Å². The number of nitrogens with one attached hydrogen (secondary N) is 1. The summed E-state index contributed by atoms with van der Waals surface area (Å²) in [7, 11) is 0. The number of benzene rings is 2. The summed E-state index contributed by atoms with van der Waals surface area (Å²) in [5.41, 5.74) is 3.15. The van der Waals surface area contributed by atoms with E-state index in [0.29, 0.717) is 16.6 Å². The number of hydrogen-bond acceptors (Lipinski definition) is 4. The van der Waals surface area contributed by atoms with E-state index in [2.05, 4.69) is 41.5 Å². The SMILES string of the molecule is Cc1ccc(SCCC(=O)Nc2nc3c(C)ccc(Cl)c3s2)cc1. The molecule has 0 saturated carbocycles. The second-order valence-corrected chi connectivity index (χ2v) is 8.10. The Morgan fingerprint density at radius 2 is 1.96 bits per heavy atom. The van der Waals surface area contributed by atoms with Gasteiger partial charge in [0.25, 0.3) is 0 Å². The molecule has 0 fully saturated rings. The summed E-state index contributed by atoms with van der Waals surface area (Å²) in [5.74, 6) is 0.710. The first-order valence-electron chi connectivity index (χ1n) is 7.58. The molecule has 6 heteroatoms. The van der Waals surface area contributed by atoms with Crippen molar-refractivity contribution in [3.8, 4) is 0 Å². The van der Waals surface area contributed by atoms with E-state index in [1.54, 1.807) is 11.8 Å². The van der Waals surface area contributed by atoms with Crippen molar-refractivity contribution in [3.05, 3.63) is 52.5 Å². The summed E-state index contributed by atoms with van der Waals surface area (Å²) in [6.45, 7) is 4.05. The van der Waals surface area contributed by atoms with Crippen molar-refractivity contribution >= 4 is 56.0 Å². The Balaban J connectivity index is 1.58. The number of rotatable bonds is 5. The number of carbonyl (C=O) groups excluding carboxylic acids is 1. The molecule has 3 aromatic rings. The van der Waals surface area contributed by atoms with Crippen LogP contribution < -0.4 is 5.32 Å². The van der Waals surface area contributed by atoms with Crippen LogP contribution in [0.1, 0.15) is 17.5 Å². The van der Waals surface area contributed by atoms with Crippen molar-refractivity contribution < 1.29 is 4.79 Å². The van der Waals surface area contributed by atoms with E-state index in [1.165, 1.54) is 21.8 Å². The van der Waals surface area contributed by atoms with Crippen LogP contribution in [0.25, 0.3) is 10.2 Å². The van der Waals surface area contributed by atoms with E-state index in [0.717, 1.165) is 21.5 Å². The van der Waals surface area contributed by atoms with Gasteiger partial charge in [0.15, 0.2) is 5.13 Å². The summed E-state index contributed by atoms with van der Waals surface area (Å²) in [5, 5.41) is 4.15. The van der Waals surface area contributed by atoms with Crippen LogP contribution in [0.15, 0.2) is 41.3 Å². The molecule has 1 heterocycles. The first-order chi connectivity index (χ1) is 11.5. The Kier molecular flexibility index (Phi) is 5.43. The van der Waals surface area contributed by atoms with Crippen LogP contribution in [-0.2, 0) is 4.79 Å². The highest BCUT2D eigenvalue weighted by Crippen LogP contribution is 2.33. The number of aryl methyl sites for hydroxylation is 2. The molecule has 0 aliphatic carbocycles. The first kappa shape index (κ1) is 17.3. The number of anilines is 1. The molecule has 0 atom stereocenters. The van der Waals surface area contributed by atoms with E-state index in [1.807, 2.05) is 19.1 Å². The van der Waals surface area contributed by atoms with Crippen LogP contribution in [0.5, 0.6) is 0 Å². The fraction of sp³-hybridized carbons (Fsp3) is 0.222. The lowest BCUT2D eigenvalue weighted by molar-refractivity contribution is -0.115. The van der Waals surface area contributed by atoms with Gasteiger partial charge in [0.1, 0.15) is 0 Å². The van der Waals surface area contributed by atoms with E-state index < -0.39 is 0 Å². The number of aromatic nitrogens is 1. The van der Waals surface area contributed by atoms with Gasteiger partial charge in [-0.1, -0.05) is 46.7 Å². The Morgan fingerprint density at radius 1 is 1.21 bits per heavy atom. The zero-order valence-electron chi connectivity index (χ0n) is 13.4. The molecular weight excluding hydrogens is 360 g/mol. The molecule has 0 radical (unpaired) electrons. The van der Waals surface area contributed by atoms with Crippen LogP contribution in [0.2, 0.25) is 5.02 Å². The van der Waals surface area contributed by atoms with Gasteiger partial charge in [-0.15, -0.1) is 11.8 Å². The van der Waals surface area contributed by atoms with Gasteiger partial charge in [0.05, 0.1) is 15.2 Å². The predicted molar refractivity (Wildman–Crippen MR) is 105 cm³/mol. The van der Waals surface area contributed by atoms with Gasteiger partial charge in [0.2, 0.25) is 5.91 Å². The van der Waals surface area contributed by atoms with Crippen molar-refractivity contribution in [3.63, 3.8) is 0 Å². The molecule has 1 aromatic heterocycles. The highest BCUT2D eigenvalue weighted by atomic mass is 35.5. The number of thioether (sulfide) groups is 1. The zero-order chi connectivity index (χ0) is 17.1. The fourth-order valence-electron chi connectivity index (χ4n) is 2.23. The van der Waals surface area contributed by atoms with E-state index >= 15 is 0 Å². The second-order valence-electron chi connectivity index (χ2n) is 5.52. The van der Waals surface area contributed by atoms with Crippen LogP contribution in [0, 0.1) is 13.8 Å². The highest BCUT2D eigenvalue weighted by Gasteiger charge is 2.11. The molecule has 3 nitrogen and oxygen atoms in total. The average molecular weight is 377 g/mol. The minimum atomic E-state index is -0.0255. The molecule has 1 amide bonds. The number of carbonyl (C=O) groups is 1. The summed E-state index contributed by atoms with van der Waals surface area (Å²) < 4.78 is 0.918. The molecule has 0 spiro atoms. The number of amides is 1. The van der Waals surface area contributed by atoms with Crippen molar-refractivity contribution in [1.29, 1.82) is 0 Å². The molecule has 0 aliphatic heterocycles. The van der Waals surface area contributed by atoms with Gasteiger partial charge in [-0.2, -0.15) is 0 Å². The quantitative estimate of drug-likeness (QED) is 0.582. The standard InChI is InChI=1S/C18H17ClN2OS2/c1-11-3-6-13(7-4-11)23-10-9-15(22)20-18-21-16-12(2)5-8-14(19)17(16)24-18/h3-8H,9-10H2,1-2H3,(H,20,21,22). The van der Waals surface area contributed by atoms with E-state index in [-0.39, 0.29) is 5.91 Å². The van der Waals surface area contributed by atoms with Crippen LogP contribution >= 0.6 is 34.7 Å². The zero-order valence-corrected chi connectivity index (χ0v) is 15.8. The summed E-state index contributed by atoms with van der Waals surface area (Å²) >= 11 is 9.29. The summed E-state index contributed by atoms with van der Waals surface area (Å²) in [6, 6.07) is 12.1. The summed E-state index contributed by atoms with van der Waals surface area (Å²) in [4.78, 5) is 17.8. The maximum absolute atomic E-state index is 12.1. The molecule has 124 valence electrons. The number of halogens is 1. The molecule has 0 aliphatic rings. The number of thiazole rings is 1. The topological polar surface area (TPSA) is 42.0 Å². The average Bonchev–Trinajstić information content (AvgIpc) is 2.98. The molecular formula is C18H17ClN2OS2. The first-order valence-corrected chi connectivity index (χ1v) is 9.76. The predicted octanol–water partition coefficient (Wildman–Crippen LogP) is 5.69. The molecule has 2 aromatic carbocycles.